The summed E-state index contributed by atoms with van der Waals surface area (Å²) in [5.74, 6) is 1.63. The molecule has 19 heavy (non-hydrogen) atoms. The number of rotatable bonds is 2. The highest BCUT2D eigenvalue weighted by molar-refractivity contribution is 5.91. The Bertz CT molecular complexity index is 447. The number of likely N-dealkylation sites (tertiary alicyclic amines) is 1. The van der Waals surface area contributed by atoms with Crippen molar-refractivity contribution in [2.45, 2.75) is 44.6 Å². The Kier molecular flexibility index (Phi) is 3.72. The molecule has 3 rings (SSSR count). The number of carbonyl (C=O) groups excluding carboxylic acids is 1. The third kappa shape index (κ3) is 2.75. The zero-order chi connectivity index (χ0) is 13.1. The molecule has 1 aliphatic carbocycles. The molecule has 0 radical (unpaired) electrons. The van der Waals surface area contributed by atoms with Crippen molar-refractivity contribution in [3.8, 4) is 0 Å². The van der Waals surface area contributed by atoms with Gasteiger partial charge in [-0.2, -0.15) is 0 Å². The van der Waals surface area contributed by atoms with Gasteiger partial charge in [0.25, 0.3) is 0 Å². The molecule has 102 valence electrons. The Balaban J connectivity index is 1.68. The van der Waals surface area contributed by atoms with Gasteiger partial charge in [0.1, 0.15) is 5.76 Å². The Morgan fingerprint density at radius 1 is 1.26 bits per heavy atom. The fourth-order valence-corrected chi connectivity index (χ4v) is 3.53. The van der Waals surface area contributed by atoms with Crippen molar-refractivity contribution in [3.63, 3.8) is 0 Å². The van der Waals surface area contributed by atoms with Gasteiger partial charge in [0.2, 0.25) is 5.91 Å². The Morgan fingerprint density at radius 2 is 2.11 bits per heavy atom. The molecule has 2 unspecified atom stereocenters. The van der Waals surface area contributed by atoms with E-state index in [-0.39, 0.29) is 5.91 Å². The monoisotopic (exact) mass is 259 g/mol. The van der Waals surface area contributed by atoms with Crippen molar-refractivity contribution in [1.29, 1.82) is 0 Å². The third-order valence-electron chi connectivity index (χ3n) is 4.46. The molecule has 2 fully saturated rings. The molecular weight excluding hydrogens is 238 g/mol. The number of amides is 1. The maximum Gasteiger partial charge on any atom is 0.246 e. The number of fused-ring (bicyclic) bond motifs is 1. The van der Waals surface area contributed by atoms with Crippen LogP contribution in [0.25, 0.3) is 6.08 Å². The minimum atomic E-state index is 0.146. The Labute approximate surface area is 114 Å². The van der Waals surface area contributed by atoms with E-state index in [1.807, 2.05) is 12.1 Å². The molecule has 0 spiro atoms. The molecule has 2 atom stereocenters. The maximum atomic E-state index is 12.3. The van der Waals surface area contributed by atoms with E-state index < -0.39 is 0 Å². The van der Waals surface area contributed by atoms with Crippen LogP contribution in [0.1, 0.15) is 44.3 Å². The fraction of sp³-hybridized carbons (Fsp3) is 0.562. The van der Waals surface area contributed by atoms with Crippen LogP contribution in [0.4, 0.5) is 0 Å². The van der Waals surface area contributed by atoms with E-state index in [1.165, 1.54) is 32.1 Å². The summed E-state index contributed by atoms with van der Waals surface area (Å²) >= 11 is 0. The van der Waals surface area contributed by atoms with E-state index in [4.69, 9.17) is 4.42 Å². The highest BCUT2D eigenvalue weighted by atomic mass is 16.3. The second-order valence-electron chi connectivity index (χ2n) is 5.63. The lowest BCUT2D eigenvalue weighted by Gasteiger charge is -2.43. The molecule has 1 aromatic heterocycles. The second kappa shape index (κ2) is 5.64. The van der Waals surface area contributed by atoms with Crippen molar-refractivity contribution in [2.75, 3.05) is 6.54 Å². The molecule has 3 nitrogen and oxygen atoms in total. The van der Waals surface area contributed by atoms with Crippen LogP contribution >= 0.6 is 0 Å². The lowest BCUT2D eigenvalue weighted by Crippen LogP contribution is -2.49. The lowest BCUT2D eigenvalue weighted by atomic mass is 9.78. The molecule has 0 N–H and O–H groups in total. The summed E-state index contributed by atoms with van der Waals surface area (Å²) in [4.78, 5) is 14.4. The van der Waals surface area contributed by atoms with Crippen LogP contribution in [0.5, 0.6) is 0 Å². The van der Waals surface area contributed by atoms with Gasteiger partial charge in [-0.25, -0.2) is 0 Å². The molecule has 1 aliphatic heterocycles. The van der Waals surface area contributed by atoms with Crippen LogP contribution in [0.15, 0.2) is 28.9 Å². The lowest BCUT2D eigenvalue weighted by molar-refractivity contribution is -0.132. The minimum absolute atomic E-state index is 0.146. The molecule has 0 bridgehead atoms. The molecule has 2 heterocycles. The van der Waals surface area contributed by atoms with Gasteiger partial charge in [0.15, 0.2) is 0 Å². The number of carbonyl (C=O) groups is 1. The SMILES string of the molecule is O=C(/C=C/c1ccco1)N1CCCC2CCCCC21. The van der Waals surface area contributed by atoms with E-state index in [1.54, 1.807) is 18.4 Å². The fourth-order valence-electron chi connectivity index (χ4n) is 3.53. The maximum absolute atomic E-state index is 12.3. The van der Waals surface area contributed by atoms with Crippen molar-refractivity contribution in [1.82, 2.24) is 4.90 Å². The molecule has 1 saturated heterocycles. The summed E-state index contributed by atoms with van der Waals surface area (Å²) in [5.41, 5.74) is 0. The molecule has 2 aliphatic rings. The van der Waals surface area contributed by atoms with Gasteiger partial charge in [-0.1, -0.05) is 12.8 Å². The first-order valence-corrected chi connectivity index (χ1v) is 7.37. The normalized spacial score (nSPS) is 27.5. The number of nitrogens with zero attached hydrogens (tertiary/aromatic N) is 1. The van der Waals surface area contributed by atoms with Gasteiger partial charge >= 0.3 is 0 Å². The average molecular weight is 259 g/mol. The van der Waals surface area contributed by atoms with Gasteiger partial charge in [-0.15, -0.1) is 0 Å². The highest BCUT2D eigenvalue weighted by Crippen LogP contribution is 2.35. The van der Waals surface area contributed by atoms with Gasteiger partial charge in [0.05, 0.1) is 6.26 Å². The van der Waals surface area contributed by atoms with Crippen LogP contribution in [-0.2, 0) is 4.79 Å². The number of hydrogen-bond acceptors (Lipinski definition) is 2. The van der Waals surface area contributed by atoms with E-state index in [9.17, 15) is 4.79 Å². The molecule has 1 aromatic rings. The van der Waals surface area contributed by atoms with Gasteiger partial charge < -0.3 is 9.32 Å². The van der Waals surface area contributed by atoms with Crippen LogP contribution < -0.4 is 0 Å². The average Bonchev–Trinajstić information content (AvgIpc) is 2.97. The second-order valence-corrected chi connectivity index (χ2v) is 5.63. The number of piperidine rings is 1. The number of furan rings is 1. The summed E-state index contributed by atoms with van der Waals surface area (Å²) in [5, 5.41) is 0. The predicted molar refractivity (Wildman–Crippen MR) is 74.4 cm³/mol. The van der Waals surface area contributed by atoms with Crippen LogP contribution in [0, 0.1) is 5.92 Å². The van der Waals surface area contributed by atoms with E-state index in [2.05, 4.69) is 4.90 Å². The first kappa shape index (κ1) is 12.5. The minimum Gasteiger partial charge on any atom is -0.465 e. The van der Waals surface area contributed by atoms with E-state index >= 15 is 0 Å². The van der Waals surface area contributed by atoms with E-state index in [0.717, 1.165) is 24.6 Å². The van der Waals surface area contributed by atoms with Crippen molar-refractivity contribution in [3.05, 3.63) is 30.2 Å². The summed E-state index contributed by atoms with van der Waals surface area (Å²) in [6.45, 7) is 0.919. The first-order chi connectivity index (χ1) is 9.34. The molecule has 3 heteroatoms. The smallest absolute Gasteiger partial charge is 0.246 e. The Hall–Kier alpha value is -1.51. The third-order valence-corrected chi connectivity index (χ3v) is 4.46. The largest absolute Gasteiger partial charge is 0.465 e. The standard InChI is InChI=1S/C16H21NO2/c18-16(10-9-14-7-4-12-19-14)17-11-3-6-13-5-1-2-8-15(13)17/h4,7,9-10,12-13,15H,1-3,5-6,8,11H2/b10-9+. The van der Waals surface area contributed by atoms with Gasteiger partial charge in [0, 0.05) is 18.7 Å². The summed E-state index contributed by atoms with van der Waals surface area (Å²) in [6.07, 6.45) is 12.6. The van der Waals surface area contributed by atoms with Crippen molar-refractivity contribution in [2.24, 2.45) is 5.92 Å². The van der Waals surface area contributed by atoms with E-state index in [0.29, 0.717) is 6.04 Å². The molecule has 1 saturated carbocycles. The van der Waals surface area contributed by atoms with Crippen molar-refractivity contribution < 1.29 is 9.21 Å². The summed E-state index contributed by atoms with van der Waals surface area (Å²) in [6, 6.07) is 4.18. The van der Waals surface area contributed by atoms with Crippen LogP contribution in [0.3, 0.4) is 0 Å². The quantitative estimate of drug-likeness (QED) is 0.762. The number of hydrogen-bond donors (Lipinski definition) is 0. The van der Waals surface area contributed by atoms with Crippen LogP contribution in [-0.4, -0.2) is 23.4 Å². The summed E-state index contributed by atoms with van der Waals surface area (Å²) in [7, 11) is 0. The van der Waals surface area contributed by atoms with Crippen LogP contribution in [0.2, 0.25) is 0 Å². The predicted octanol–water partition coefficient (Wildman–Crippen LogP) is 3.47. The summed E-state index contributed by atoms with van der Waals surface area (Å²) < 4.78 is 5.22. The molecular formula is C16H21NO2. The first-order valence-electron chi connectivity index (χ1n) is 7.37. The molecule has 0 aromatic carbocycles. The van der Waals surface area contributed by atoms with Crippen molar-refractivity contribution >= 4 is 12.0 Å². The highest BCUT2D eigenvalue weighted by Gasteiger charge is 2.34. The zero-order valence-electron chi connectivity index (χ0n) is 11.3. The Morgan fingerprint density at radius 3 is 2.95 bits per heavy atom. The molecule has 1 amide bonds. The van der Waals surface area contributed by atoms with Gasteiger partial charge in [-0.3, -0.25) is 4.79 Å². The van der Waals surface area contributed by atoms with Gasteiger partial charge in [-0.05, 0) is 49.8 Å². The topological polar surface area (TPSA) is 33.5 Å². The zero-order valence-corrected chi connectivity index (χ0v) is 11.3.